The number of halogens is 1. The predicted octanol–water partition coefficient (Wildman–Crippen LogP) is 3.45. The first-order chi connectivity index (χ1) is 14.6. The first-order valence-corrected chi connectivity index (χ1v) is 10.6. The van der Waals surface area contributed by atoms with Crippen LogP contribution in [-0.4, -0.2) is 33.5 Å². The summed E-state index contributed by atoms with van der Waals surface area (Å²) in [6.45, 7) is 0.701. The summed E-state index contributed by atoms with van der Waals surface area (Å²) in [6.07, 6.45) is 1.77. The highest BCUT2D eigenvalue weighted by Crippen LogP contribution is 2.23. The molecule has 0 unspecified atom stereocenters. The van der Waals surface area contributed by atoms with Crippen molar-refractivity contribution in [3.63, 3.8) is 0 Å². The molecule has 0 saturated carbocycles. The molecule has 0 spiro atoms. The Labute approximate surface area is 177 Å². The number of nitrogens with one attached hydrogen (secondary N) is 1. The van der Waals surface area contributed by atoms with Crippen molar-refractivity contribution in [3.8, 4) is 0 Å². The Balaban J connectivity index is 1.29. The van der Waals surface area contributed by atoms with E-state index in [-0.39, 0.29) is 24.1 Å². The average molecular weight is 425 g/mol. The molecular weight excluding hydrogens is 403 g/mol. The lowest BCUT2D eigenvalue weighted by atomic mass is 10.1. The minimum absolute atomic E-state index is 0.0831. The summed E-state index contributed by atoms with van der Waals surface area (Å²) in [6, 6.07) is 16.2. The highest BCUT2D eigenvalue weighted by atomic mass is 32.1. The summed E-state index contributed by atoms with van der Waals surface area (Å²) in [4.78, 5) is 26.5. The summed E-state index contributed by atoms with van der Waals surface area (Å²) < 4.78 is 13.0. The largest absolute Gasteiger partial charge is 0.338 e. The highest BCUT2D eigenvalue weighted by Gasteiger charge is 2.34. The van der Waals surface area contributed by atoms with E-state index >= 15 is 0 Å². The highest BCUT2D eigenvalue weighted by molar-refractivity contribution is 7.15. The predicted molar refractivity (Wildman–Crippen MR) is 112 cm³/mol. The van der Waals surface area contributed by atoms with Crippen molar-refractivity contribution in [1.29, 1.82) is 0 Å². The molecule has 6 nitrogen and oxygen atoms in total. The van der Waals surface area contributed by atoms with Crippen molar-refractivity contribution >= 4 is 28.3 Å². The molecule has 1 saturated heterocycles. The van der Waals surface area contributed by atoms with Crippen LogP contribution in [0.1, 0.15) is 22.6 Å². The molecule has 8 heteroatoms. The molecule has 154 valence electrons. The van der Waals surface area contributed by atoms with Gasteiger partial charge in [0.25, 0.3) is 0 Å². The summed E-state index contributed by atoms with van der Waals surface area (Å²) in [5, 5.41) is 12.3. The van der Waals surface area contributed by atoms with Crippen LogP contribution in [0.4, 0.5) is 9.52 Å². The van der Waals surface area contributed by atoms with Crippen molar-refractivity contribution in [3.05, 3.63) is 76.5 Å². The minimum Gasteiger partial charge on any atom is -0.338 e. The Morgan fingerprint density at radius 1 is 1.07 bits per heavy atom. The van der Waals surface area contributed by atoms with Gasteiger partial charge in [0.1, 0.15) is 10.8 Å². The third-order valence-electron chi connectivity index (χ3n) is 5.04. The Bertz CT molecular complexity index is 1020. The molecular formula is C22H21FN4O2S. The quantitative estimate of drug-likeness (QED) is 0.630. The molecule has 0 bridgehead atoms. The number of benzene rings is 2. The topological polar surface area (TPSA) is 75.2 Å². The maximum absolute atomic E-state index is 13.0. The Morgan fingerprint density at radius 2 is 1.83 bits per heavy atom. The summed E-state index contributed by atoms with van der Waals surface area (Å²) >= 11 is 1.36. The van der Waals surface area contributed by atoms with Gasteiger partial charge in [0.15, 0.2) is 0 Å². The monoisotopic (exact) mass is 424 g/mol. The first-order valence-electron chi connectivity index (χ1n) is 9.76. The van der Waals surface area contributed by atoms with E-state index in [0.717, 1.165) is 23.4 Å². The Hall–Kier alpha value is -3.13. The lowest BCUT2D eigenvalue weighted by Crippen LogP contribution is -2.28. The van der Waals surface area contributed by atoms with E-state index in [1.807, 2.05) is 18.2 Å². The molecule has 1 aromatic heterocycles. The summed E-state index contributed by atoms with van der Waals surface area (Å²) in [7, 11) is 0. The number of aryl methyl sites for hydroxylation is 2. The fourth-order valence-corrected chi connectivity index (χ4v) is 4.16. The lowest BCUT2D eigenvalue weighted by Gasteiger charge is -2.16. The average Bonchev–Trinajstić information content (AvgIpc) is 3.35. The zero-order valence-corrected chi connectivity index (χ0v) is 17.1. The van der Waals surface area contributed by atoms with E-state index in [0.29, 0.717) is 18.2 Å². The van der Waals surface area contributed by atoms with Crippen molar-refractivity contribution in [2.75, 3.05) is 11.9 Å². The van der Waals surface area contributed by atoms with Crippen molar-refractivity contribution in [1.82, 2.24) is 15.1 Å². The molecule has 1 atom stereocenters. The Morgan fingerprint density at radius 3 is 2.60 bits per heavy atom. The fraction of sp³-hybridized carbons (Fsp3) is 0.273. The second-order valence-corrected chi connectivity index (χ2v) is 8.34. The molecule has 1 aliphatic heterocycles. The zero-order valence-electron chi connectivity index (χ0n) is 16.3. The van der Waals surface area contributed by atoms with Crippen LogP contribution in [-0.2, 0) is 29.0 Å². The van der Waals surface area contributed by atoms with E-state index in [1.54, 1.807) is 17.0 Å². The minimum atomic E-state index is -0.436. The van der Waals surface area contributed by atoms with Crippen LogP contribution in [0.25, 0.3) is 0 Å². The lowest BCUT2D eigenvalue weighted by molar-refractivity contribution is -0.128. The smallest absolute Gasteiger partial charge is 0.231 e. The molecule has 2 amide bonds. The number of carbonyl (C=O) groups excluding carboxylic acids is 2. The molecule has 2 heterocycles. The summed E-state index contributed by atoms with van der Waals surface area (Å²) in [5.74, 6) is -1.06. The number of carbonyl (C=O) groups is 2. The molecule has 3 aromatic rings. The van der Waals surface area contributed by atoms with Gasteiger partial charge in [0.2, 0.25) is 16.9 Å². The van der Waals surface area contributed by atoms with Gasteiger partial charge in [-0.3, -0.25) is 9.59 Å². The Kier molecular flexibility index (Phi) is 6.13. The van der Waals surface area contributed by atoms with Gasteiger partial charge in [-0.2, -0.15) is 0 Å². The third-order valence-corrected chi connectivity index (χ3v) is 5.94. The van der Waals surface area contributed by atoms with Gasteiger partial charge in [0.05, 0.1) is 5.92 Å². The second kappa shape index (κ2) is 9.13. The van der Waals surface area contributed by atoms with E-state index in [4.69, 9.17) is 0 Å². The number of hydrogen-bond acceptors (Lipinski definition) is 5. The standard InChI is InChI=1S/C22H21FN4O2S/c23-18-9-6-16(7-10-18)13-27-14-17(12-20(27)28)21(29)24-22-26-25-19(30-22)11-8-15-4-2-1-3-5-15/h1-7,9-10,17H,8,11-14H2,(H,24,26,29)/t17-/m0/s1. The van der Waals surface area contributed by atoms with Crippen LogP contribution < -0.4 is 5.32 Å². The van der Waals surface area contributed by atoms with E-state index < -0.39 is 5.92 Å². The second-order valence-electron chi connectivity index (χ2n) is 7.28. The van der Waals surface area contributed by atoms with Crippen LogP contribution in [0.2, 0.25) is 0 Å². The number of likely N-dealkylation sites (tertiary alicyclic amines) is 1. The van der Waals surface area contributed by atoms with Crippen LogP contribution in [0.3, 0.4) is 0 Å². The van der Waals surface area contributed by atoms with E-state index in [9.17, 15) is 14.0 Å². The molecule has 1 N–H and O–H groups in total. The van der Waals surface area contributed by atoms with Gasteiger partial charge >= 0.3 is 0 Å². The van der Waals surface area contributed by atoms with Gasteiger partial charge < -0.3 is 10.2 Å². The fourth-order valence-electron chi connectivity index (χ4n) is 3.42. The van der Waals surface area contributed by atoms with Crippen LogP contribution in [0.5, 0.6) is 0 Å². The van der Waals surface area contributed by atoms with Crippen molar-refractivity contribution in [2.45, 2.75) is 25.8 Å². The number of rotatable bonds is 7. The van der Waals surface area contributed by atoms with Gasteiger partial charge in [-0.15, -0.1) is 10.2 Å². The first kappa shape index (κ1) is 20.2. The van der Waals surface area contributed by atoms with Crippen molar-refractivity contribution < 1.29 is 14.0 Å². The molecule has 0 radical (unpaired) electrons. The molecule has 30 heavy (non-hydrogen) atoms. The van der Waals surface area contributed by atoms with Crippen LogP contribution in [0.15, 0.2) is 54.6 Å². The maximum Gasteiger partial charge on any atom is 0.231 e. The molecule has 0 aliphatic carbocycles. The molecule has 2 aromatic carbocycles. The van der Waals surface area contributed by atoms with E-state index in [2.05, 4.69) is 27.6 Å². The third kappa shape index (κ3) is 5.07. The SMILES string of the molecule is O=C(Nc1nnc(CCc2ccccc2)s1)[C@H]1CC(=O)N(Cc2ccc(F)cc2)C1. The molecule has 1 fully saturated rings. The molecule has 1 aliphatic rings. The number of nitrogens with zero attached hydrogens (tertiary/aromatic N) is 3. The number of aromatic nitrogens is 2. The van der Waals surface area contributed by atoms with Crippen LogP contribution in [0, 0.1) is 11.7 Å². The van der Waals surface area contributed by atoms with Gasteiger partial charge in [-0.1, -0.05) is 53.8 Å². The van der Waals surface area contributed by atoms with Gasteiger partial charge in [0, 0.05) is 25.9 Å². The zero-order chi connectivity index (χ0) is 20.9. The normalized spacial score (nSPS) is 16.1. The maximum atomic E-state index is 13.0. The van der Waals surface area contributed by atoms with Crippen molar-refractivity contribution in [2.24, 2.45) is 5.92 Å². The van der Waals surface area contributed by atoms with E-state index in [1.165, 1.54) is 29.0 Å². The van der Waals surface area contributed by atoms with Gasteiger partial charge in [-0.05, 0) is 29.7 Å². The number of amides is 2. The summed E-state index contributed by atoms with van der Waals surface area (Å²) in [5.41, 5.74) is 2.06. The number of hydrogen-bond donors (Lipinski definition) is 1. The van der Waals surface area contributed by atoms with Gasteiger partial charge in [-0.25, -0.2) is 4.39 Å². The molecule has 4 rings (SSSR count). The number of anilines is 1. The van der Waals surface area contributed by atoms with Crippen LogP contribution >= 0.6 is 11.3 Å².